The van der Waals surface area contributed by atoms with E-state index in [0.29, 0.717) is 5.69 Å². The lowest BCUT2D eigenvalue weighted by molar-refractivity contribution is -0.115. The Morgan fingerprint density at radius 1 is 1.48 bits per heavy atom. The topological polar surface area (TPSA) is 32.3 Å². The van der Waals surface area contributed by atoms with Crippen molar-refractivity contribution < 1.29 is 9.18 Å². The number of halogens is 2. The number of nitrogens with one attached hydrogen (secondary N) is 1. The molecule has 0 spiro atoms. The molecule has 0 unspecified atom stereocenters. The normalized spacial score (nSPS) is 15.9. The second-order valence-corrected chi connectivity index (χ2v) is 7.22. The minimum Gasteiger partial charge on any atom is -0.358 e. The Bertz CT molecular complexity index is 550. The lowest BCUT2D eigenvalue weighted by Crippen LogP contribution is -2.29. The number of thiocarbonyl (C=S) groups is 1. The van der Waals surface area contributed by atoms with Gasteiger partial charge in [0, 0.05) is 18.8 Å². The van der Waals surface area contributed by atoms with Crippen LogP contribution in [0, 0.1) is 5.82 Å². The van der Waals surface area contributed by atoms with E-state index in [1.807, 2.05) is 0 Å². The summed E-state index contributed by atoms with van der Waals surface area (Å²) in [6, 6.07) is 4.10. The maximum atomic E-state index is 13.1. The van der Waals surface area contributed by atoms with Crippen LogP contribution in [0.3, 0.4) is 0 Å². The molecule has 0 saturated carbocycles. The monoisotopic (exact) mass is 346 g/mol. The maximum absolute atomic E-state index is 13.1. The molecule has 0 radical (unpaired) electrons. The van der Waals surface area contributed by atoms with E-state index < -0.39 is 5.82 Å². The highest BCUT2D eigenvalue weighted by molar-refractivity contribution is 8.23. The van der Waals surface area contributed by atoms with E-state index in [2.05, 4.69) is 10.2 Å². The summed E-state index contributed by atoms with van der Waals surface area (Å²) < 4.78 is 13.8. The van der Waals surface area contributed by atoms with Crippen LogP contribution in [0.4, 0.5) is 10.1 Å². The zero-order valence-corrected chi connectivity index (χ0v) is 14.0. The highest BCUT2D eigenvalue weighted by atomic mass is 35.5. The van der Waals surface area contributed by atoms with Gasteiger partial charge in [-0.05, 0) is 38.0 Å². The van der Waals surface area contributed by atoms with Gasteiger partial charge in [0.05, 0.1) is 10.3 Å². The van der Waals surface area contributed by atoms with Gasteiger partial charge in [-0.25, -0.2) is 4.39 Å². The molecule has 0 aliphatic carbocycles. The molecule has 3 nitrogen and oxygen atoms in total. The fourth-order valence-corrected chi connectivity index (χ4v) is 3.59. The number of amides is 1. The van der Waals surface area contributed by atoms with E-state index in [1.54, 1.807) is 6.92 Å². The molecule has 7 heteroatoms. The van der Waals surface area contributed by atoms with Crippen LogP contribution in [-0.2, 0) is 4.79 Å². The van der Waals surface area contributed by atoms with E-state index in [9.17, 15) is 9.18 Å². The minimum absolute atomic E-state index is 0.0132. The molecule has 0 bridgehead atoms. The predicted octanol–water partition coefficient (Wildman–Crippen LogP) is 3.92. The van der Waals surface area contributed by atoms with E-state index in [-0.39, 0.29) is 16.2 Å². The molecular formula is C14H16ClFN2OS2. The van der Waals surface area contributed by atoms with Crippen molar-refractivity contribution in [2.75, 3.05) is 18.4 Å². The number of hydrogen-bond donors (Lipinski definition) is 1. The Labute approximate surface area is 138 Å². The molecule has 1 aromatic rings. The minimum atomic E-state index is -0.507. The lowest BCUT2D eigenvalue weighted by Gasteiger charge is -2.20. The highest BCUT2D eigenvalue weighted by Gasteiger charge is 2.21. The first kappa shape index (κ1) is 16.5. The summed E-state index contributed by atoms with van der Waals surface area (Å²) in [5.74, 6) is -0.684. The van der Waals surface area contributed by atoms with Crippen molar-refractivity contribution in [3.63, 3.8) is 0 Å². The molecular weight excluding hydrogens is 331 g/mol. The fraction of sp³-hybridized carbons (Fsp3) is 0.429. The summed E-state index contributed by atoms with van der Waals surface area (Å²) in [6.07, 6.45) is 2.30. The summed E-state index contributed by atoms with van der Waals surface area (Å²) in [6.45, 7) is 3.73. The summed E-state index contributed by atoms with van der Waals surface area (Å²) in [5.41, 5.74) is 0.478. The van der Waals surface area contributed by atoms with Gasteiger partial charge in [0.25, 0.3) is 0 Å². The van der Waals surface area contributed by atoms with Crippen LogP contribution in [0.2, 0.25) is 5.02 Å². The van der Waals surface area contributed by atoms with Crippen LogP contribution in [-0.4, -0.2) is 33.5 Å². The zero-order chi connectivity index (χ0) is 15.4. The number of likely N-dealkylation sites (tertiary alicyclic amines) is 1. The number of carbonyl (C=O) groups is 1. The second-order valence-electron chi connectivity index (χ2n) is 4.84. The molecule has 1 aromatic carbocycles. The number of benzene rings is 1. The standard InChI is InChI=1S/C14H16ClFN2OS2/c1-9(21-14(20)18-6-2-3-7-18)13(19)17-10-4-5-12(16)11(15)8-10/h4-5,8-9H,2-3,6-7H2,1H3,(H,17,19)/t9-/m1/s1. The maximum Gasteiger partial charge on any atom is 0.237 e. The zero-order valence-electron chi connectivity index (χ0n) is 11.6. The number of anilines is 1. The second kappa shape index (κ2) is 7.42. The molecule has 114 valence electrons. The van der Waals surface area contributed by atoms with Crippen molar-refractivity contribution in [3.8, 4) is 0 Å². The van der Waals surface area contributed by atoms with Crippen molar-refractivity contribution >= 4 is 51.5 Å². The molecule has 0 aromatic heterocycles. The van der Waals surface area contributed by atoms with Gasteiger partial charge in [0.1, 0.15) is 10.1 Å². The highest BCUT2D eigenvalue weighted by Crippen LogP contribution is 2.23. The van der Waals surface area contributed by atoms with Crippen LogP contribution in [0.5, 0.6) is 0 Å². The number of hydrogen-bond acceptors (Lipinski definition) is 3. The summed E-state index contributed by atoms with van der Waals surface area (Å²) in [7, 11) is 0. The lowest BCUT2D eigenvalue weighted by atomic mass is 10.3. The van der Waals surface area contributed by atoms with Crippen molar-refractivity contribution in [2.24, 2.45) is 0 Å². The van der Waals surface area contributed by atoms with Gasteiger partial charge >= 0.3 is 0 Å². The van der Waals surface area contributed by atoms with Gasteiger partial charge in [-0.1, -0.05) is 35.6 Å². The Morgan fingerprint density at radius 3 is 2.76 bits per heavy atom. The van der Waals surface area contributed by atoms with Gasteiger partial charge in [-0.15, -0.1) is 0 Å². The first-order valence-corrected chi connectivity index (χ1v) is 8.35. The van der Waals surface area contributed by atoms with Gasteiger partial charge in [0.2, 0.25) is 5.91 Å². The third-order valence-electron chi connectivity index (χ3n) is 3.20. The number of rotatable bonds is 3. The van der Waals surface area contributed by atoms with E-state index in [1.165, 1.54) is 30.0 Å². The van der Waals surface area contributed by atoms with E-state index >= 15 is 0 Å². The van der Waals surface area contributed by atoms with Crippen LogP contribution in [0.15, 0.2) is 18.2 Å². The first-order valence-electron chi connectivity index (χ1n) is 6.69. The van der Waals surface area contributed by atoms with Gasteiger partial charge in [-0.3, -0.25) is 4.79 Å². The smallest absolute Gasteiger partial charge is 0.237 e. The molecule has 1 N–H and O–H groups in total. The third kappa shape index (κ3) is 4.56. The Kier molecular flexibility index (Phi) is 5.84. The summed E-state index contributed by atoms with van der Waals surface area (Å²) in [5, 5.41) is 2.39. The molecule has 1 saturated heterocycles. The van der Waals surface area contributed by atoms with E-state index in [0.717, 1.165) is 30.3 Å². The molecule has 21 heavy (non-hydrogen) atoms. The number of thioether (sulfide) groups is 1. The largest absolute Gasteiger partial charge is 0.358 e. The fourth-order valence-electron chi connectivity index (χ4n) is 2.00. The van der Waals surface area contributed by atoms with Crippen LogP contribution >= 0.6 is 35.6 Å². The van der Waals surface area contributed by atoms with Gasteiger partial charge < -0.3 is 10.2 Å². The van der Waals surface area contributed by atoms with Gasteiger partial charge in [-0.2, -0.15) is 0 Å². The van der Waals surface area contributed by atoms with Crippen LogP contribution < -0.4 is 5.32 Å². The summed E-state index contributed by atoms with van der Waals surface area (Å²) in [4.78, 5) is 14.2. The SMILES string of the molecule is C[C@@H](SC(=S)N1CCCC1)C(=O)Nc1ccc(F)c(Cl)c1. The molecule has 1 atom stereocenters. The average Bonchev–Trinajstić information content (AvgIpc) is 2.97. The third-order valence-corrected chi connectivity index (χ3v) is 5.06. The number of carbonyl (C=O) groups excluding carboxylic acids is 1. The average molecular weight is 347 g/mol. The Balaban J connectivity index is 1.89. The van der Waals surface area contributed by atoms with Crippen molar-refractivity contribution in [3.05, 3.63) is 29.0 Å². The molecule has 1 fully saturated rings. The van der Waals surface area contributed by atoms with Gasteiger partial charge in [0.15, 0.2) is 0 Å². The van der Waals surface area contributed by atoms with Crippen molar-refractivity contribution in [2.45, 2.75) is 25.0 Å². The first-order chi connectivity index (χ1) is 9.97. The predicted molar refractivity (Wildman–Crippen MR) is 90.5 cm³/mol. The van der Waals surface area contributed by atoms with Crippen LogP contribution in [0.1, 0.15) is 19.8 Å². The quantitative estimate of drug-likeness (QED) is 0.841. The van der Waals surface area contributed by atoms with Crippen LogP contribution in [0.25, 0.3) is 0 Å². The molecule has 1 aliphatic heterocycles. The molecule has 2 rings (SSSR count). The van der Waals surface area contributed by atoms with Crippen molar-refractivity contribution in [1.29, 1.82) is 0 Å². The molecule has 1 heterocycles. The Morgan fingerprint density at radius 2 is 2.14 bits per heavy atom. The van der Waals surface area contributed by atoms with Crippen molar-refractivity contribution in [1.82, 2.24) is 4.90 Å². The Hall–Kier alpha value is -0.850. The van der Waals surface area contributed by atoms with E-state index in [4.69, 9.17) is 23.8 Å². The number of nitrogens with zero attached hydrogens (tertiary/aromatic N) is 1. The molecule has 1 amide bonds. The molecule has 1 aliphatic rings. The summed E-state index contributed by atoms with van der Waals surface area (Å²) >= 11 is 12.4.